The van der Waals surface area contributed by atoms with Crippen LogP contribution in [-0.2, 0) is 18.6 Å². The number of carbonyl (C=O) groups is 1. The predicted molar refractivity (Wildman–Crippen MR) is 161 cm³/mol. The zero-order valence-electron chi connectivity index (χ0n) is 22.6. The van der Waals surface area contributed by atoms with Crippen LogP contribution in [0.3, 0.4) is 0 Å². The van der Waals surface area contributed by atoms with Gasteiger partial charge in [0.05, 0.1) is 19.4 Å². The van der Waals surface area contributed by atoms with Gasteiger partial charge in [-0.05, 0) is 25.3 Å². The van der Waals surface area contributed by atoms with Crippen molar-refractivity contribution >= 4 is 69.8 Å². The number of benzene rings is 2. The molecule has 0 bridgehead atoms. The second kappa shape index (κ2) is 11.5. The number of anilines is 2. The number of nitrogens with two attached hydrogens (primary N) is 1. The SMILES string of the molecule is COc1nc(N)nc2c1nc(I)n2C1O[C@H](COP(=O)(Nc2cccc3ccccc23)NC(C)C(=O)O)[C@@H](O)[C@@]1(C)O. The molecular formula is C25H29IN7O8P. The molecule has 0 radical (unpaired) electrons. The molecule has 42 heavy (non-hydrogen) atoms. The molecule has 7 N–H and O–H groups in total. The summed E-state index contributed by atoms with van der Waals surface area (Å²) in [4.78, 5) is 24.3. The lowest BCUT2D eigenvalue weighted by Crippen LogP contribution is -2.45. The summed E-state index contributed by atoms with van der Waals surface area (Å²) in [5, 5.41) is 38.9. The molecule has 0 amide bonds. The smallest absolute Gasteiger partial charge is 0.366 e. The Balaban J connectivity index is 1.44. The second-order valence-electron chi connectivity index (χ2n) is 9.89. The molecule has 1 aliphatic rings. The summed E-state index contributed by atoms with van der Waals surface area (Å²) < 4.78 is 32.9. The van der Waals surface area contributed by atoms with Crippen LogP contribution in [0.1, 0.15) is 20.1 Å². The monoisotopic (exact) mass is 713 g/mol. The van der Waals surface area contributed by atoms with Crippen LogP contribution in [0.5, 0.6) is 5.88 Å². The van der Waals surface area contributed by atoms with Crippen molar-refractivity contribution in [3.05, 3.63) is 46.3 Å². The summed E-state index contributed by atoms with van der Waals surface area (Å²) in [5.74, 6) is -1.24. The van der Waals surface area contributed by atoms with Gasteiger partial charge in [-0.25, -0.2) is 14.6 Å². The highest BCUT2D eigenvalue weighted by molar-refractivity contribution is 14.1. The number of nitrogen functional groups attached to an aromatic ring is 1. The number of carboxylic acid groups (broad SMARTS) is 1. The zero-order valence-corrected chi connectivity index (χ0v) is 25.7. The van der Waals surface area contributed by atoms with E-state index in [-0.39, 0.29) is 23.0 Å². The Bertz CT molecular complexity index is 1700. The van der Waals surface area contributed by atoms with E-state index in [0.717, 1.165) is 10.8 Å². The topological polar surface area (TPSA) is 216 Å². The highest BCUT2D eigenvalue weighted by Gasteiger charge is 2.54. The summed E-state index contributed by atoms with van der Waals surface area (Å²) in [5.41, 5.74) is 4.85. The number of hydrogen-bond donors (Lipinski definition) is 6. The summed E-state index contributed by atoms with van der Waals surface area (Å²) in [7, 11) is -2.75. The van der Waals surface area contributed by atoms with Gasteiger partial charge in [0.15, 0.2) is 21.2 Å². The minimum absolute atomic E-state index is 0.103. The van der Waals surface area contributed by atoms with Crippen molar-refractivity contribution in [3.63, 3.8) is 0 Å². The summed E-state index contributed by atoms with van der Waals surface area (Å²) in [6.07, 6.45) is -3.96. The number of imidazole rings is 1. The van der Waals surface area contributed by atoms with Crippen molar-refractivity contribution in [1.82, 2.24) is 24.6 Å². The fourth-order valence-corrected chi connectivity index (χ4v) is 7.13. The molecule has 224 valence electrons. The van der Waals surface area contributed by atoms with Crippen molar-refractivity contribution < 1.29 is 38.7 Å². The molecular weight excluding hydrogens is 684 g/mol. The van der Waals surface area contributed by atoms with Crippen molar-refractivity contribution in [2.45, 2.75) is 43.9 Å². The molecule has 3 heterocycles. The largest absolute Gasteiger partial charge is 0.480 e. The van der Waals surface area contributed by atoms with Gasteiger partial charge in [0.25, 0.3) is 0 Å². The molecule has 17 heteroatoms. The second-order valence-corrected chi connectivity index (χ2v) is 12.7. The maximum absolute atomic E-state index is 14.0. The summed E-state index contributed by atoms with van der Waals surface area (Å²) in [6, 6.07) is 11.4. The molecule has 1 saturated heterocycles. The van der Waals surface area contributed by atoms with Crippen molar-refractivity contribution in [1.29, 1.82) is 0 Å². The Hall–Kier alpha value is -3.12. The number of ether oxygens (including phenoxy) is 2. The quantitative estimate of drug-likeness (QED) is 0.0791. The number of carboxylic acids is 1. The van der Waals surface area contributed by atoms with E-state index in [2.05, 4.69) is 25.1 Å². The van der Waals surface area contributed by atoms with Crippen LogP contribution in [0, 0.1) is 3.83 Å². The molecule has 0 saturated carbocycles. The third-order valence-electron chi connectivity index (χ3n) is 6.88. The van der Waals surface area contributed by atoms with Gasteiger partial charge in [0.2, 0.25) is 11.8 Å². The van der Waals surface area contributed by atoms with Crippen LogP contribution >= 0.6 is 30.3 Å². The van der Waals surface area contributed by atoms with Crippen molar-refractivity contribution in [3.8, 4) is 5.88 Å². The zero-order chi connectivity index (χ0) is 30.4. The van der Waals surface area contributed by atoms with E-state index >= 15 is 0 Å². The van der Waals surface area contributed by atoms with E-state index in [1.165, 1.54) is 25.5 Å². The fraction of sp³-hybridized carbons (Fsp3) is 0.360. The highest BCUT2D eigenvalue weighted by Crippen LogP contribution is 2.47. The lowest BCUT2D eigenvalue weighted by Gasteiger charge is -2.28. The molecule has 15 nitrogen and oxygen atoms in total. The molecule has 2 aromatic carbocycles. The van der Waals surface area contributed by atoms with Gasteiger partial charge >= 0.3 is 13.6 Å². The van der Waals surface area contributed by atoms with Gasteiger partial charge in [-0.1, -0.05) is 36.4 Å². The molecule has 6 atom stereocenters. The Morgan fingerprint density at radius 3 is 2.69 bits per heavy atom. The Labute approximate surface area is 253 Å². The number of fused-ring (bicyclic) bond motifs is 2. The standard InChI is InChI=1S/C25H29IN7O8P/c1-12(21(35)36)31-42(38,32-15-10-6-8-13-7-4-5-9-14(13)15)40-11-16-18(34)25(2,37)22(41-16)33-19-17(28-23(33)26)20(39-3)30-24(27)29-19/h4-10,12,16,18,22,34,37H,11H2,1-3H3,(H,35,36)(H2,27,29,30)(H2,31,32,38)/t12?,16-,18-,22?,25-,42?/m1/s1. The number of nitrogens with one attached hydrogen (secondary N) is 2. The first-order chi connectivity index (χ1) is 19.8. The van der Waals surface area contributed by atoms with Crippen LogP contribution in [0.25, 0.3) is 21.9 Å². The first-order valence-electron chi connectivity index (χ1n) is 12.7. The van der Waals surface area contributed by atoms with Gasteiger partial charge in [-0.2, -0.15) is 9.97 Å². The first kappa shape index (κ1) is 30.3. The number of halogens is 1. The van der Waals surface area contributed by atoms with Gasteiger partial charge < -0.3 is 35.6 Å². The van der Waals surface area contributed by atoms with Gasteiger partial charge in [-0.3, -0.25) is 13.9 Å². The van der Waals surface area contributed by atoms with Crippen LogP contribution in [0.15, 0.2) is 42.5 Å². The maximum atomic E-state index is 14.0. The minimum atomic E-state index is -4.15. The molecule has 2 aromatic heterocycles. The maximum Gasteiger partial charge on any atom is 0.366 e. The van der Waals surface area contributed by atoms with Crippen LogP contribution in [0.4, 0.5) is 11.6 Å². The van der Waals surface area contributed by atoms with Gasteiger partial charge in [0, 0.05) is 28.0 Å². The van der Waals surface area contributed by atoms with Crippen LogP contribution in [0.2, 0.25) is 0 Å². The Morgan fingerprint density at radius 2 is 1.98 bits per heavy atom. The van der Waals surface area contributed by atoms with Gasteiger partial charge in [-0.15, -0.1) is 0 Å². The third kappa shape index (κ3) is 5.62. The van der Waals surface area contributed by atoms with Gasteiger partial charge in [0.1, 0.15) is 23.9 Å². The average Bonchev–Trinajstić information content (AvgIpc) is 3.38. The molecule has 4 aromatic rings. The number of aliphatic carboxylic acids is 1. The summed E-state index contributed by atoms with van der Waals surface area (Å²) in [6.45, 7) is 2.19. The number of nitrogens with zero attached hydrogens (tertiary/aromatic N) is 4. The van der Waals surface area contributed by atoms with E-state index in [1.54, 1.807) is 12.1 Å². The van der Waals surface area contributed by atoms with E-state index in [9.17, 15) is 24.7 Å². The molecule has 1 aliphatic heterocycles. The Kier molecular flexibility index (Phi) is 8.32. The van der Waals surface area contributed by atoms with E-state index in [1.807, 2.05) is 52.9 Å². The molecule has 5 rings (SSSR count). The number of rotatable bonds is 10. The number of methoxy groups -OCH3 is 1. The third-order valence-corrected chi connectivity index (χ3v) is 9.41. The normalized spacial score (nSPS) is 24.5. The number of hydrogen-bond acceptors (Lipinski definition) is 11. The lowest BCUT2D eigenvalue weighted by molar-refractivity contribution is -0.138. The molecule has 3 unspecified atom stereocenters. The average molecular weight is 713 g/mol. The van der Waals surface area contributed by atoms with Crippen LogP contribution in [-0.4, -0.2) is 78.4 Å². The van der Waals surface area contributed by atoms with Crippen LogP contribution < -0.4 is 20.6 Å². The first-order valence-corrected chi connectivity index (χ1v) is 15.4. The van der Waals surface area contributed by atoms with E-state index in [0.29, 0.717) is 9.52 Å². The van der Waals surface area contributed by atoms with Crippen molar-refractivity contribution in [2.75, 3.05) is 24.5 Å². The number of aromatic nitrogens is 4. The highest BCUT2D eigenvalue weighted by atomic mass is 127. The summed E-state index contributed by atoms with van der Waals surface area (Å²) >= 11 is 1.91. The predicted octanol–water partition coefficient (Wildman–Crippen LogP) is 2.48. The van der Waals surface area contributed by atoms with Crippen molar-refractivity contribution in [2.24, 2.45) is 0 Å². The minimum Gasteiger partial charge on any atom is -0.480 e. The molecule has 1 fully saturated rings. The fourth-order valence-electron chi connectivity index (χ4n) is 4.71. The molecule has 0 spiro atoms. The van der Waals surface area contributed by atoms with E-state index in [4.69, 9.17) is 19.7 Å². The number of aliphatic hydroxyl groups excluding tert-OH is 1. The van der Waals surface area contributed by atoms with E-state index < -0.39 is 50.3 Å². The number of aliphatic hydroxyl groups is 2. The molecule has 0 aliphatic carbocycles. The Morgan fingerprint density at radius 1 is 1.26 bits per heavy atom. The lowest BCUT2D eigenvalue weighted by atomic mass is 9.96.